The van der Waals surface area contributed by atoms with Crippen LogP contribution < -0.4 is 0 Å². The standard InChI is InChI=1S/C48H76O19/c1-43(2)14-16-48(42(61)67-40-34(57)31(54)29(52)24(20-50)63-40)17-15-46(6)21(22(48)18-43)8-9-26-45(5)12-11-27(44(3,4)25(45)10-13-47(26,46)7)64-41-35(58)32(55)36(37(66-41)38(59)60)65-39-33(56)30(53)28(51)23(19-49)62-39/h8,22-37,39-41,49-58H,9-20H2,1-7H3,(H,59,60)/t22-,23-,24-,25-,26-,27+,28+,29-,30+,31+,32-,33+,34-,35+,36-,37+,39+,40+,41-,45+,46-,47-,48+/m1/s1. The molecule has 8 rings (SSSR count). The number of rotatable bonds is 9. The molecular formula is C48H76O19. The summed E-state index contributed by atoms with van der Waals surface area (Å²) in [6.07, 6.45) is -16.3. The summed E-state index contributed by atoms with van der Waals surface area (Å²) < 4.78 is 35.0. The van der Waals surface area contributed by atoms with Gasteiger partial charge in [-0.1, -0.05) is 60.1 Å². The topological polar surface area (TPSA) is 312 Å². The fourth-order valence-corrected chi connectivity index (χ4v) is 15.0. The number of hydrogen-bond acceptors (Lipinski definition) is 18. The number of allylic oxidation sites excluding steroid dienone is 2. The molecule has 0 bridgehead atoms. The van der Waals surface area contributed by atoms with Gasteiger partial charge in [0.15, 0.2) is 18.7 Å². The van der Waals surface area contributed by atoms with Gasteiger partial charge in [-0.05, 0) is 109 Å². The lowest BCUT2D eigenvalue weighted by atomic mass is 9.33. The highest BCUT2D eigenvalue weighted by Gasteiger charge is 2.70. The van der Waals surface area contributed by atoms with Crippen molar-refractivity contribution in [3.05, 3.63) is 11.6 Å². The van der Waals surface area contributed by atoms with E-state index < -0.39 is 134 Å². The number of carbonyl (C=O) groups excluding carboxylic acids is 1. The van der Waals surface area contributed by atoms with E-state index in [9.17, 15) is 65.8 Å². The molecule has 8 aliphatic rings. The number of carbonyl (C=O) groups is 2. The van der Waals surface area contributed by atoms with Crippen LogP contribution in [0, 0.1) is 50.2 Å². The van der Waals surface area contributed by atoms with Crippen molar-refractivity contribution in [1.82, 2.24) is 0 Å². The van der Waals surface area contributed by atoms with Crippen LogP contribution in [0.3, 0.4) is 0 Å². The summed E-state index contributed by atoms with van der Waals surface area (Å²) in [5, 5.41) is 115. The highest BCUT2D eigenvalue weighted by Crippen LogP contribution is 2.76. The summed E-state index contributed by atoms with van der Waals surface area (Å²) in [4.78, 5) is 27.3. The normalized spacial score (nSPS) is 52.6. The van der Waals surface area contributed by atoms with Crippen molar-refractivity contribution in [3.8, 4) is 0 Å². The first kappa shape index (κ1) is 51.4. The highest BCUT2D eigenvalue weighted by molar-refractivity contribution is 5.79. The lowest BCUT2D eigenvalue weighted by molar-refractivity contribution is -0.363. The fourth-order valence-electron chi connectivity index (χ4n) is 15.0. The van der Waals surface area contributed by atoms with Crippen LogP contribution >= 0.6 is 0 Å². The molecule has 0 amide bonds. The Balaban J connectivity index is 1.01. The first-order valence-corrected chi connectivity index (χ1v) is 24.3. The molecule has 0 aromatic heterocycles. The van der Waals surface area contributed by atoms with Gasteiger partial charge < -0.3 is 84.6 Å². The second-order valence-corrected chi connectivity index (χ2v) is 23.5. The predicted octanol–water partition coefficient (Wildman–Crippen LogP) is 0.233. The van der Waals surface area contributed by atoms with Crippen molar-refractivity contribution in [3.63, 3.8) is 0 Å². The van der Waals surface area contributed by atoms with Gasteiger partial charge in [0.05, 0.1) is 24.7 Å². The molecule has 23 atom stereocenters. The molecular weight excluding hydrogens is 881 g/mol. The third-order valence-corrected chi connectivity index (χ3v) is 19.3. The largest absolute Gasteiger partial charge is 0.479 e. The quantitative estimate of drug-likeness (QED) is 0.0838. The van der Waals surface area contributed by atoms with E-state index in [2.05, 4.69) is 54.5 Å². The Bertz CT molecular complexity index is 1870. The maximum atomic E-state index is 14.7. The van der Waals surface area contributed by atoms with Crippen LogP contribution in [0.15, 0.2) is 11.6 Å². The predicted molar refractivity (Wildman–Crippen MR) is 231 cm³/mol. The number of esters is 1. The zero-order chi connectivity index (χ0) is 49.1. The van der Waals surface area contributed by atoms with Crippen LogP contribution in [0.25, 0.3) is 0 Å². The summed E-state index contributed by atoms with van der Waals surface area (Å²) in [6.45, 7) is 14.4. The van der Waals surface area contributed by atoms with E-state index >= 15 is 0 Å². The van der Waals surface area contributed by atoms with Gasteiger partial charge in [-0.15, -0.1) is 0 Å². The van der Waals surface area contributed by atoms with E-state index in [-0.39, 0.29) is 39.4 Å². The van der Waals surface area contributed by atoms with Gasteiger partial charge in [-0.25, -0.2) is 4.79 Å². The third-order valence-electron chi connectivity index (χ3n) is 19.3. The van der Waals surface area contributed by atoms with Crippen molar-refractivity contribution >= 4 is 11.9 Å². The lowest BCUT2D eigenvalue weighted by Crippen LogP contribution is -2.67. The molecule has 11 N–H and O–H groups in total. The molecule has 19 heteroatoms. The van der Waals surface area contributed by atoms with E-state index in [0.717, 1.165) is 38.5 Å². The average Bonchev–Trinajstić information content (AvgIpc) is 3.26. The molecule has 0 spiro atoms. The van der Waals surface area contributed by atoms with E-state index in [4.69, 9.17) is 28.4 Å². The Morgan fingerprint density at radius 1 is 0.642 bits per heavy atom. The molecule has 0 aromatic rings. The Labute approximate surface area is 391 Å². The molecule has 382 valence electrons. The number of ether oxygens (including phenoxy) is 6. The van der Waals surface area contributed by atoms with Crippen molar-refractivity contribution in [2.24, 2.45) is 50.2 Å². The molecule has 0 radical (unpaired) electrons. The molecule has 67 heavy (non-hydrogen) atoms. The van der Waals surface area contributed by atoms with Gasteiger partial charge in [0.1, 0.15) is 67.1 Å². The fraction of sp³-hybridized carbons (Fsp3) is 0.917. The van der Waals surface area contributed by atoms with Gasteiger partial charge in [0.2, 0.25) is 6.29 Å². The Morgan fingerprint density at radius 3 is 1.82 bits per heavy atom. The number of hydrogen-bond donors (Lipinski definition) is 11. The summed E-state index contributed by atoms with van der Waals surface area (Å²) >= 11 is 0. The molecule has 0 aromatic carbocycles. The van der Waals surface area contributed by atoms with Crippen molar-refractivity contribution in [2.45, 2.75) is 211 Å². The van der Waals surface area contributed by atoms with E-state index in [0.29, 0.717) is 25.7 Å². The van der Waals surface area contributed by atoms with Crippen LogP contribution in [-0.4, -0.2) is 180 Å². The van der Waals surface area contributed by atoms with E-state index in [1.54, 1.807) is 0 Å². The first-order valence-electron chi connectivity index (χ1n) is 24.3. The number of aliphatic hydroxyl groups is 10. The third kappa shape index (κ3) is 8.06. The lowest BCUT2D eigenvalue weighted by Gasteiger charge is -2.71. The number of aliphatic carboxylic acids is 1. The van der Waals surface area contributed by atoms with Gasteiger partial charge in [0, 0.05) is 0 Å². The SMILES string of the molecule is CC1(C)CC[C@]2(C(=O)O[C@@H]3O[C@H](CO)[C@@H](O)[C@H](O)[C@H]3O)CC[C@]3(C)C(=CC[C@@H]4[C@@]5(C)CC[C@H](O[C@@H]6O[C@H](C(=O)O)[C@H](O[C@@H]7O[C@H](CO)[C@H](O)[C@H](O)[C@@H]7O)[C@H](O)[C@@H]6O)C(C)(C)[C@H]5CC[C@]43C)[C@H]2C1. The minimum absolute atomic E-state index is 0.0745. The zero-order valence-electron chi connectivity index (χ0n) is 39.7. The molecule has 3 heterocycles. The van der Waals surface area contributed by atoms with Gasteiger partial charge in [-0.3, -0.25) is 4.79 Å². The van der Waals surface area contributed by atoms with E-state index in [1.807, 2.05) is 0 Å². The van der Waals surface area contributed by atoms with Crippen molar-refractivity contribution in [2.75, 3.05) is 13.2 Å². The number of carboxylic acids is 1. The van der Waals surface area contributed by atoms with Crippen molar-refractivity contribution in [1.29, 1.82) is 0 Å². The Hall–Kier alpha value is -1.92. The van der Waals surface area contributed by atoms with Crippen LogP contribution in [0.2, 0.25) is 0 Å². The summed E-state index contributed by atoms with van der Waals surface area (Å²) in [5.74, 6) is -1.88. The minimum atomic E-state index is -1.91. The highest BCUT2D eigenvalue weighted by atomic mass is 16.7. The number of fused-ring (bicyclic) bond motifs is 7. The monoisotopic (exact) mass is 956 g/mol. The molecule has 19 nitrogen and oxygen atoms in total. The molecule has 3 aliphatic heterocycles. The smallest absolute Gasteiger partial charge is 0.335 e. The molecule has 3 saturated heterocycles. The minimum Gasteiger partial charge on any atom is -0.479 e. The molecule has 0 unspecified atom stereocenters. The summed E-state index contributed by atoms with van der Waals surface area (Å²) in [6, 6.07) is 0. The van der Waals surface area contributed by atoms with Crippen LogP contribution in [0.5, 0.6) is 0 Å². The summed E-state index contributed by atoms with van der Waals surface area (Å²) in [7, 11) is 0. The Kier molecular flexibility index (Phi) is 13.8. The number of aliphatic hydroxyl groups excluding tert-OH is 10. The molecule has 5 aliphatic carbocycles. The second-order valence-electron chi connectivity index (χ2n) is 23.5. The maximum absolute atomic E-state index is 14.7. The first-order chi connectivity index (χ1) is 31.2. The van der Waals surface area contributed by atoms with Gasteiger partial charge >= 0.3 is 11.9 Å². The van der Waals surface area contributed by atoms with Crippen LogP contribution in [0.4, 0.5) is 0 Å². The van der Waals surface area contributed by atoms with Crippen molar-refractivity contribution < 1.29 is 94.2 Å². The second kappa shape index (κ2) is 18.0. The molecule has 4 saturated carbocycles. The zero-order valence-corrected chi connectivity index (χ0v) is 39.7. The summed E-state index contributed by atoms with van der Waals surface area (Å²) in [5.41, 5.74) is -0.914. The van der Waals surface area contributed by atoms with E-state index in [1.165, 1.54) is 5.57 Å². The Morgan fingerprint density at radius 2 is 1.21 bits per heavy atom. The van der Waals surface area contributed by atoms with Gasteiger partial charge in [0.25, 0.3) is 0 Å². The maximum Gasteiger partial charge on any atom is 0.335 e. The van der Waals surface area contributed by atoms with Crippen LogP contribution in [-0.2, 0) is 38.0 Å². The van der Waals surface area contributed by atoms with Crippen LogP contribution in [0.1, 0.15) is 113 Å². The van der Waals surface area contributed by atoms with Gasteiger partial charge in [-0.2, -0.15) is 0 Å². The number of carboxylic acid groups (broad SMARTS) is 1. The molecule has 7 fully saturated rings. The average molecular weight is 957 g/mol.